The van der Waals surface area contributed by atoms with Crippen LogP contribution >= 0.6 is 22.6 Å². The Morgan fingerprint density at radius 3 is 2.11 bits per heavy atom. The molecule has 0 spiro atoms. The van der Waals surface area contributed by atoms with Gasteiger partial charge < -0.3 is 5.32 Å². The molecule has 0 heterocycles. The lowest BCUT2D eigenvalue weighted by molar-refractivity contribution is 0.496. The normalized spacial score (nSPS) is 12.6. The molecule has 1 atom stereocenters. The molecule has 1 aromatic carbocycles. The fraction of sp³-hybridized carbons (Fsp3) is 0.647. The summed E-state index contributed by atoms with van der Waals surface area (Å²) in [5.41, 5.74) is 1.42. The van der Waals surface area contributed by atoms with E-state index in [9.17, 15) is 0 Å². The predicted octanol–water partition coefficient (Wildman–Crippen LogP) is 5.69. The van der Waals surface area contributed by atoms with E-state index >= 15 is 0 Å². The molecule has 0 bridgehead atoms. The summed E-state index contributed by atoms with van der Waals surface area (Å²) in [7, 11) is 2.07. The van der Waals surface area contributed by atoms with Crippen molar-refractivity contribution in [3.05, 3.63) is 33.4 Å². The average Bonchev–Trinajstić information content (AvgIpc) is 2.43. The second kappa shape index (κ2) is 10.7. The van der Waals surface area contributed by atoms with Crippen LogP contribution in [-0.2, 0) is 0 Å². The number of unbranched alkanes of at least 4 members (excludes halogenated alkanes) is 6. The molecule has 0 saturated heterocycles. The van der Waals surface area contributed by atoms with Gasteiger partial charge in [-0.25, -0.2) is 0 Å². The van der Waals surface area contributed by atoms with Gasteiger partial charge in [-0.05, 0) is 53.8 Å². The molecule has 19 heavy (non-hydrogen) atoms. The Morgan fingerprint density at radius 2 is 1.53 bits per heavy atom. The van der Waals surface area contributed by atoms with Crippen molar-refractivity contribution in [1.29, 1.82) is 0 Å². The monoisotopic (exact) mass is 373 g/mol. The number of hydrogen-bond acceptors (Lipinski definition) is 1. The SMILES string of the molecule is CCCCCCCCCC(NC)c1ccc(I)cc1. The first-order valence-electron chi connectivity index (χ1n) is 7.70. The molecular formula is C17H28IN. The first-order valence-corrected chi connectivity index (χ1v) is 8.78. The molecule has 0 aliphatic rings. The highest BCUT2D eigenvalue weighted by Gasteiger charge is 2.08. The van der Waals surface area contributed by atoms with Gasteiger partial charge in [-0.15, -0.1) is 0 Å². The summed E-state index contributed by atoms with van der Waals surface area (Å²) in [6.45, 7) is 2.28. The molecule has 0 amide bonds. The number of nitrogens with one attached hydrogen (secondary N) is 1. The van der Waals surface area contributed by atoms with Crippen LogP contribution in [0.4, 0.5) is 0 Å². The van der Waals surface area contributed by atoms with Crippen LogP contribution in [0, 0.1) is 3.57 Å². The molecular weight excluding hydrogens is 345 g/mol. The Bertz CT molecular complexity index is 321. The third kappa shape index (κ3) is 7.31. The number of halogens is 1. The van der Waals surface area contributed by atoms with Crippen LogP contribution in [0.2, 0.25) is 0 Å². The third-order valence-corrected chi connectivity index (χ3v) is 4.44. The van der Waals surface area contributed by atoms with Crippen LogP contribution in [-0.4, -0.2) is 7.05 Å². The summed E-state index contributed by atoms with van der Waals surface area (Å²) < 4.78 is 1.31. The zero-order valence-electron chi connectivity index (χ0n) is 12.4. The highest BCUT2D eigenvalue weighted by atomic mass is 127. The molecule has 1 aromatic rings. The summed E-state index contributed by atoms with van der Waals surface area (Å²) >= 11 is 2.36. The Hall–Kier alpha value is -0.0900. The van der Waals surface area contributed by atoms with Gasteiger partial charge in [-0.3, -0.25) is 0 Å². The van der Waals surface area contributed by atoms with Crippen molar-refractivity contribution in [2.45, 2.75) is 64.3 Å². The lowest BCUT2D eigenvalue weighted by atomic mass is 10.00. The van der Waals surface area contributed by atoms with Crippen molar-refractivity contribution in [2.75, 3.05) is 7.05 Å². The number of benzene rings is 1. The van der Waals surface area contributed by atoms with E-state index in [1.807, 2.05) is 0 Å². The topological polar surface area (TPSA) is 12.0 Å². The molecule has 0 aromatic heterocycles. The second-order valence-corrected chi connectivity index (χ2v) is 6.55. The van der Waals surface area contributed by atoms with Crippen molar-refractivity contribution in [2.24, 2.45) is 0 Å². The molecule has 1 nitrogen and oxygen atoms in total. The van der Waals surface area contributed by atoms with Gasteiger partial charge in [0.15, 0.2) is 0 Å². The molecule has 0 saturated carbocycles. The number of hydrogen-bond donors (Lipinski definition) is 1. The summed E-state index contributed by atoms with van der Waals surface area (Å²) in [6, 6.07) is 9.43. The zero-order valence-corrected chi connectivity index (χ0v) is 14.6. The van der Waals surface area contributed by atoms with Gasteiger partial charge >= 0.3 is 0 Å². The van der Waals surface area contributed by atoms with Crippen LogP contribution in [0.25, 0.3) is 0 Å². The fourth-order valence-electron chi connectivity index (χ4n) is 2.48. The van der Waals surface area contributed by atoms with Crippen LogP contribution in [0.3, 0.4) is 0 Å². The van der Waals surface area contributed by atoms with Crippen LogP contribution in [0.1, 0.15) is 69.9 Å². The maximum atomic E-state index is 3.45. The van der Waals surface area contributed by atoms with E-state index in [0.717, 1.165) is 0 Å². The minimum atomic E-state index is 0.521. The lowest BCUT2D eigenvalue weighted by Crippen LogP contribution is -2.16. The third-order valence-electron chi connectivity index (χ3n) is 3.72. The number of rotatable bonds is 10. The zero-order chi connectivity index (χ0) is 13.9. The standard InChI is InChI=1S/C17H28IN/c1-3-4-5-6-7-8-9-10-17(19-2)15-11-13-16(18)14-12-15/h11-14,17,19H,3-10H2,1-2H3. The first kappa shape index (κ1) is 17.0. The molecule has 0 aliphatic heterocycles. The van der Waals surface area contributed by atoms with E-state index in [4.69, 9.17) is 0 Å². The van der Waals surface area contributed by atoms with E-state index in [0.29, 0.717) is 6.04 Å². The average molecular weight is 373 g/mol. The minimum absolute atomic E-state index is 0.521. The van der Waals surface area contributed by atoms with Crippen molar-refractivity contribution in [3.8, 4) is 0 Å². The maximum absolute atomic E-state index is 3.45. The summed E-state index contributed by atoms with van der Waals surface area (Å²) in [5, 5.41) is 3.45. The van der Waals surface area contributed by atoms with Gasteiger partial charge in [0.2, 0.25) is 0 Å². The van der Waals surface area contributed by atoms with Crippen molar-refractivity contribution >= 4 is 22.6 Å². The van der Waals surface area contributed by atoms with Gasteiger partial charge in [0.1, 0.15) is 0 Å². The lowest BCUT2D eigenvalue weighted by Gasteiger charge is -2.16. The predicted molar refractivity (Wildman–Crippen MR) is 93.6 cm³/mol. The smallest absolute Gasteiger partial charge is 0.0317 e. The van der Waals surface area contributed by atoms with Crippen LogP contribution < -0.4 is 5.32 Å². The van der Waals surface area contributed by atoms with Crippen molar-refractivity contribution < 1.29 is 0 Å². The fourth-order valence-corrected chi connectivity index (χ4v) is 2.84. The van der Waals surface area contributed by atoms with E-state index in [1.54, 1.807) is 0 Å². The summed E-state index contributed by atoms with van der Waals surface area (Å²) in [6.07, 6.45) is 11.0. The van der Waals surface area contributed by atoms with E-state index < -0.39 is 0 Å². The van der Waals surface area contributed by atoms with Gasteiger partial charge in [0.05, 0.1) is 0 Å². The Morgan fingerprint density at radius 1 is 0.947 bits per heavy atom. The molecule has 0 radical (unpaired) electrons. The summed E-state index contributed by atoms with van der Waals surface area (Å²) in [5.74, 6) is 0. The quantitative estimate of drug-likeness (QED) is 0.410. The first-order chi connectivity index (χ1) is 9.27. The van der Waals surface area contributed by atoms with Gasteiger partial charge in [0.25, 0.3) is 0 Å². The molecule has 0 fully saturated rings. The second-order valence-electron chi connectivity index (χ2n) is 5.30. The Labute approximate surface area is 132 Å². The molecule has 1 rings (SSSR count). The molecule has 1 N–H and O–H groups in total. The van der Waals surface area contributed by atoms with Gasteiger partial charge in [-0.2, -0.15) is 0 Å². The molecule has 2 heteroatoms. The van der Waals surface area contributed by atoms with E-state index in [-0.39, 0.29) is 0 Å². The Balaban J connectivity index is 2.20. The van der Waals surface area contributed by atoms with Crippen molar-refractivity contribution in [1.82, 2.24) is 5.32 Å². The van der Waals surface area contributed by atoms with Gasteiger partial charge in [-0.1, -0.05) is 64.0 Å². The van der Waals surface area contributed by atoms with Crippen LogP contribution in [0.5, 0.6) is 0 Å². The highest BCUT2D eigenvalue weighted by Crippen LogP contribution is 2.21. The van der Waals surface area contributed by atoms with Gasteiger partial charge in [0, 0.05) is 9.61 Å². The van der Waals surface area contributed by atoms with E-state index in [2.05, 4.69) is 66.1 Å². The maximum Gasteiger partial charge on any atom is 0.0317 e. The van der Waals surface area contributed by atoms with Crippen LogP contribution in [0.15, 0.2) is 24.3 Å². The minimum Gasteiger partial charge on any atom is -0.313 e. The highest BCUT2D eigenvalue weighted by molar-refractivity contribution is 14.1. The molecule has 1 unspecified atom stereocenters. The van der Waals surface area contributed by atoms with Crippen molar-refractivity contribution in [3.63, 3.8) is 0 Å². The largest absolute Gasteiger partial charge is 0.313 e. The Kier molecular flexibility index (Phi) is 9.52. The van der Waals surface area contributed by atoms with E-state index in [1.165, 1.54) is 60.5 Å². The molecule has 108 valence electrons. The summed E-state index contributed by atoms with van der Waals surface area (Å²) in [4.78, 5) is 0. The molecule has 0 aliphatic carbocycles.